The summed E-state index contributed by atoms with van der Waals surface area (Å²) in [7, 11) is 1.48. The molecule has 2 aliphatic carbocycles. The van der Waals surface area contributed by atoms with Crippen LogP contribution in [0.15, 0.2) is 48.0 Å². The van der Waals surface area contributed by atoms with Crippen LogP contribution < -0.4 is 14.8 Å². The number of benzene rings is 2. The van der Waals surface area contributed by atoms with Crippen molar-refractivity contribution < 1.29 is 34.4 Å². The van der Waals surface area contributed by atoms with E-state index in [-0.39, 0.29) is 44.5 Å². The van der Waals surface area contributed by atoms with Crippen molar-refractivity contribution >= 4 is 46.0 Å². The third-order valence-electron chi connectivity index (χ3n) is 7.34. The first kappa shape index (κ1) is 30.6. The minimum atomic E-state index is -1.16. The minimum Gasteiger partial charge on any atom is -0.493 e. The zero-order valence-corrected chi connectivity index (χ0v) is 25.1. The highest BCUT2D eigenvalue weighted by Crippen LogP contribution is 2.38. The molecule has 4 rings (SSSR count). The summed E-state index contributed by atoms with van der Waals surface area (Å²) in [6.07, 6.45) is 2.07. The molecule has 9 nitrogen and oxygen atoms in total. The van der Waals surface area contributed by atoms with Crippen molar-refractivity contribution in [3.05, 3.63) is 67.8 Å². The first-order valence-corrected chi connectivity index (χ1v) is 14.7. The normalized spacial score (nSPS) is 20.8. The molecule has 11 heteroatoms. The maximum atomic E-state index is 13.7. The molecular formula is C29H34ClIN2O7. The lowest BCUT2D eigenvalue weighted by Gasteiger charge is -2.43. The van der Waals surface area contributed by atoms with Crippen molar-refractivity contribution in [2.45, 2.75) is 57.1 Å². The van der Waals surface area contributed by atoms with Crippen LogP contribution in [0.2, 0.25) is 5.02 Å². The average Bonchev–Trinajstić information content (AvgIpc) is 2.92. The standard InChI is InChI=1S/C29H34ClIN2O7/c1-39-25-12-18(16-35)11-22(31)27(25)40-24-14-20(28(37)32-9-10-34)13-23(26(24)36)33(29(38)19-3-2-4-19)15-17-5-7-21(30)8-6-17/h5-8,11-12,14,19,23-24,26,34-36H,2-4,9-10,13,15-16H2,1H3,(H,32,37)/t23-,24+,26+/m1/s1. The lowest BCUT2D eigenvalue weighted by Crippen LogP contribution is -2.56. The number of halogens is 2. The quantitative estimate of drug-likeness (QED) is 0.268. The van der Waals surface area contributed by atoms with Crippen LogP contribution in [0.3, 0.4) is 0 Å². The fourth-order valence-corrected chi connectivity index (χ4v) is 5.85. The Labute approximate surface area is 252 Å². The van der Waals surface area contributed by atoms with Crippen LogP contribution in [0.4, 0.5) is 0 Å². The zero-order chi connectivity index (χ0) is 28.8. The summed E-state index contributed by atoms with van der Waals surface area (Å²) in [5, 5.41) is 33.8. The molecule has 4 N–H and O–H groups in total. The molecular weight excluding hydrogens is 651 g/mol. The van der Waals surface area contributed by atoms with Crippen molar-refractivity contribution in [3.8, 4) is 11.5 Å². The number of hydrogen-bond donors (Lipinski definition) is 4. The molecule has 0 bridgehead atoms. The van der Waals surface area contributed by atoms with Crippen LogP contribution in [0.25, 0.3) is 0 Å². The Morgan fingerprint density at radius 2 is 1.88 bits per heavy atom. The molecule has 0 saturated heterocycles. The largest absolute Gasteiger partial charge is 0.493 e. The van der Waals surface area contributed by atoms with Gasteiger partial charge in [0, 0.05) is 36.0 Å². The third-order valence-corrected chi connectivity index (χ3v) is 8.40. The van der Waals surface area contributed by atoms with Crippen LogP contribution >= 0.6 is 34.2 Å². The average molecular weight is 685 g/mol. The van der Waals surface area contributed by atoms with Crippen molar-refractivity contribution in [1.29, 1.82) is 0 Å². The number of amides is 2. The molecule has 2 aromatic rings. The summed E-state index contributed by atoms with van der Waals surface area (Å²) in [5.41, 5.74) is 1.83. The minimum absolute atomic E-state index is 0.0682. The summed E-state index contributed by atoms with van der Waals surface area (Å²) in [6.45, 7) is -0.101. The molecule has 1 saturated carbocycles. The number of carbonyl (C=O) groups excluding carboxylic acids is 2. The fraction of sp³-hybridized carbons (Fsp3) is 0.448. The molecule has 0 aliphatic heterocycles. The lowest BCUT2D eigenvalue weighted by molar-refractivity contribution is -0.146. The Balaban J connectivity index is 1.71. The second kappa shape index (κ2) is 14.0. The van der Waals surface area contributed by atoms with Gasteiger partial charge in [-0.3, -0.25) is 9.59 Å². The molecule has 40 heavy (non-hydrogen) atoms. The molecule has 3 atom stereocenters. The highest BCUT2D eigenvalue weighted by atomic mass is 127. The SMILES string of the molecule is COc1cc(CO)cc(I)c1O[C@H]1C=C(C(=O)NCCO)C[C@@H](N(Cc2ccc(Cl)cc2)C(=O)C2CCC2)[C@@H]1O. The van der Waals surface area contributed by atoms with Gasteiger partial charge >= 0.3 is 0 Å². The lowest BCUT2D eigenvalue weighted by atomic mass is 9.82. The molecule has 2 aliphatic rings. The van der Waals surface area contributed by atoms with Crippen LogP contribution in [0.5, 0.6) is 11.5 Å². The predicted octanol–water partition coefficient (Wildman–Crippen LogP) is 3.19. The summed E-state index contributed by atoms with van der Waals surface area (Å²) in [5.74, 6) is 0.114. The number of carbonyl (C=O) groups is 2. The van der Waals surface area contributed by atoms with E-state index in [0.717, 1.165) is 24.8 Å². The number of ether oxygens (including phenoxy) is 2. The van der Waals surface area contributed by atoms with Crippen LogP contribution in [-0.2, 0) is 22.7 Å². The van der Waals surface area contributed by atoms with Gasteiger partial charge in [0.15, 0.2) is 11.5 Å². The molecule has 0 spiro atoms. The van der Waals surface area contributed by atoms with Crippen molar-refractivity contribution in [3.63, 3.8) is 0 Å². The second-order valence-corrected chi connectivity index (χ2v) is 11.6. The number of nitrogens with one attached hydrogen (secondary N) is 1. The summed E-state index contributed by atoms with van der Waals surface area (Å²) in [6, 6.07) is 9.83. The number of aliphatic hydroxyl groups is 3. The van der Waals surface area contributed by atoms with E-state index in [0.29, 0.717) is 31.2 Å². The van der Waals surface area contributed by atoms with Crippen molar-refractivity contribution in [2.75, 3.05) is 20.3 Å². The Kier molecular flexibility index (Phi) is 10.7. The van der Waals surface area contributed by atoms with Gasteiger partial charge in [0.05, 0.1) is 29.9 Å². The highest BCUT2D eigenvalue weighted by molar-refractivity contribution is 14.1. The van der Waals surface area contributed by atoms with Crippen LogP contribution in [-0.4, -0.2) is 70.5 Å². The monoisotopic (exact) mass is 684 g/mol. The van der Waals surface area contributed by atoms with Gasteiger partial charge in [-0.25, -0.2) is 0 Å². The first-order valence-electron chi connectivity index (χ1n) is 13.2. The van der Waals surface area contributed by atoms with E-state index >= 15 is 0 Å². The zero-order valence-electron chi connectivity index (χ0n) is 22.2. The second-order valence-electron chi connectivity index (χ2n) is 10.0. The molecule has 0 heterocycles. The van der Waals surface area contributed by atoms with Gasteiger partial charge in [-0.2, -0.15) is 0 Å². The Bertz CT molecular complexity index is 1240. The predicted molar refractivity (Wildman–Crippen MR) is 158 cm³/mol. The molecule has 0 unspecified atom stereocenters. The van der Waals surface area contributed by atoms with E-state index < -0.39 is 24.2 Å². The number of rotatable bonds is 11. The number of methoxy groups -OCH3 is 1. The Hall–Kier alpha value is -2.38. The molecule has 2 aromatic carbocycles. The van der Waals surface area contributed by atoms with E-state index in [9.17, 15) is 24.9 Å². The molecule has 216 valence electrons. The van der Waals surface area contributed by atoms with Gasteiger partial charge in [0.2, 0.25) is 11.8 Å². The maximum absolute atomic E-state index is 13.7. The van der Waals surface area contributed by atoms with E-state index in [1.54, 1.807) is 35.2 Å². The molecule has 2 amide bonds. The number of nitrogens with zero attached hydrogens (tertiary/aromatic N) is 1. The molecule has 0 aromatic heterocycles. The smallest absolute Gasteiger partial charge is 0.247 e. The topological polar surface area (TPSA) is 129 Å². The first-order chi connectivity index (χ1) is 19.2. The molecule has 1 fully saturated rings. The van der Waals surface area contributed by atoms with Crippen LogP contribution in [0, 0.1) is 9.49 Å². The van der Waals surface area contributed by atoms with Gasteiger partial charge in [0.25, 0.3) is 0 Å². The van der Waals surface area contributed by atoms with Gasteiger partial charge < -0.3 is 35.0 Å². The molecule has 0 radical (unpaired) electrons. The third kappa shape index (κ3) is 7.09. The van der Waals surface area contributed by atoms with Gasteiger partial charge in [-0.1, -0.05) is 30.2 Å². The van der Waals surface area contributed by atoms with Crippen LogP contribution in [0.1, 0.15) is 36.8 Å². The van der Waals surface area contributed by atoms with Crippen molar-refractivity contribution in [2.24, 2.45) is 5.92 Å². The van der Waals surface area contributed by atoms with Gasteiger partial charge in [-0.05, 0) is 76.9 Å². The fourth-order valence-electron chi connectivity index (χ4n) is 4.93. The Morgan fingerprint density at radius 3 is 2.48 bits per heavy atom. The Morgan fingerprint density at radius 1 is 1.15 bits per heavy atom. The summed E-state index contributed by atoms with van der Waals surface area (Å²) >= 11 is 8.15. The number of hydrogen-bond acceptors (Lipinski definition) is 7. The number of aliphatic hydroxyl groups excluding tert-OH is 3. The highest BCUT2D eigenvalue weighted by Gasteiger charge is 2.43. The van der Waals surface area contributed by atoms with Gasteiger partial charge in [-0.15, -0.1) is 0 Å². The van der Waals surface area contributed by atoms with E-state index in [2.05, 4.69) is 27.9 Å². The summed E-state index contributed by atoms with van der Waals surface area (Å²) < 4.78 is 12.5. The van der Waals surface area contributed by atoms with E-state index in [4.69, 9.17) is 21.1 Å². The van der Waals surface area contributed by atoms with Gasteiger partial charge in [0.1, 0.15) is 12.2 Å². The van der Waals surface area contributed by atoms with Crippen molar-refractivity contribution in [1.82, 2.24) is 10.2 Å². The summed E-state index contributed by atoms with van der Waals surface area (Å²) in [4.78, 5) is 28.5. The van der Waals surface area contributed by atoms with E-state index in [1.807, 2.05) is 12.1 Å². The maximum Gasteiger partial charge on any atom is 0.247 e. The van der Waals surface area contributed by atoms with E-state index in [1.165, 1.54) is 7.11 Å².